The van der Waals surface area contributed by atoms with Crippen molar-refractivity contribution in [2.75, 3.05) is 11.9 Å². The van der Waals surface area contributed by atoms with Crippen molar-refractivity contribution < 1.29 is 14.0 Å². The zero-order chi connectivity index (χ0) is 23.6. The first-order valence-corrected chi connectivity index (χ1v) is 11.5. The van der Waals surface area contributed by atoms with Crippen LogP contribution >= 0.6 is 34.8 Å². The summed E-state index contributed by atoms with van der Waals surface area (Å²) in [7, 11) is 0. The maximum atomic E-state index is 16.0. The fraction of sp³-hybridized carbons (Fsp3) is 0.200. The van der Waals surface area contributed by atoms with Crippen LogP contribution in [0.5, 0.6) is 0 Å². The van der Waals surface area contributed by atoms with Crippen molar-refractivity contribution in [1.29, 1.82) is 0 Å². The summed E-state index contributed by atoms with van der Waals surface area (Å²) in [4.78, 5) is 27.6. The van der Waals surface area contributed by atoms with E-state index in [1.165, 1.54) is 17.0 Å². The van der Waals surface area contributed by atoms with E-state index < -0.39 is 11.7 Å². The average Bonchev–Trinajstić information content (AvgIpc) is 3.19. The second kappa shape index (κ2) is 9.82. The van der Waals surface area contributed by atoms with Gasteiger partial charge in [-0.05, 0) is 42.3 Å². The molecule has 1 aliphatic heterocycles. The molecule has 0 spiro atoms. The number of benzene rings is 3. The molecule has 0 aromatic heterocycles. The van der Waals surface area contributed by atoms with Crippen molar-refractivity contribution in [3.05, 3.63) is 98.5 Å². The highest BCUT2D eigenvalue weighted by Gasteiger charge is 2.48. The maximum Gasteiger partial charge on any atom is 0.277 e. The largest absolute Gasteiger partial charge is 0.321 e. The van der Waals surface area contributed by atoms with Crippen LogP contribution in [0.25, 0.3) is 0 Å². The summed E-state index contributed by atoms with van der Waals surface area (Å²) < 4.78 is 16.0. The number of halogens is 4. The summed E-state index contributed by atoms with van der Waals surface area (Å²) in [6.45, 7) is 0.595. The summed E-state index contributed by atoms with van der Waals surface area (Å²) in [6, 6.07) is 18.2. The average molecular weight is 506 g/mol. The Labute approximate surface area is 206 Å². The number of nitrogens with zero attached hydrogens (tertiary/aromatic N) is 1. The Balaban J connectivity index is 1.58. The van der Waals surface area contributed by atoms with Crippen molar-refractivity contribution in [2.45, 2.75) is 25.2 Å². The molecule has 0 saturated carbocycles. The fourth-order valence-electron chi connectivity index (χ4n) is 3.94. The first-order valence-electron chi connectivity index (χ1n) is 10.4. The number of hydrogen-bond acceptors (Lipinski definition) is 3. The number of nitrogens with one attached hydrogen (secondary N) is 1. The second-order valence-electron chi connectivity index (χ2n) is 7.87. The predicted molar refractivity (Wildman–Crippen MR) is 130 cm³/mol. The van der Waals surface area contributed by atoms with Crippen LogP contribution in [0.3, 0.4) is 0 Å². The van der Waals surface area contributed by atoms with E-state index in [2.05, 4.69) is 5.32 Å². The molecular weight excluding hydrogens is 486 g/mol. The lowest BCUT2D eigenvalue weighted by Crippen LogP contribution is -2.49. The van der Waals surface area contributed by atoms with Crippen molar-refractivity contribution in [2.24, 2.45) is 0 Å². The number of carbonyl (C=O) groups excluding carboxylic acids is 2. The van der Waals surface area contributed by atoms with Gasteiger partial charge < -0.3 is 5.32 Å². The molecule has 0 unspecified atom stereocenters. The van der Waals surface area contributed by atoms with E-state index in [1.54, 1.807) is 54.6 Å². The lowest BCUT2D eigenvalue weighted by molar-refractivity contribution is -0.138. The van der Waals surface area contributed by atoms with Crippen molar-refractivity contribution >= 4 is 52.2 Å². The Morgan fingerprint density at radius 3 is 2.45 bits per heavy atom. The van der Waals surface area contributed by atoms with Crippen LogP contribution in [0.4, 0.5) is 10.1 Å². The SMILES string of the molecule is O=C(c1ccccc1)c1cc(Cl)ccc1NC(=O)[C@@]1(F)CCCN1Cc1ccc(Cl)c(Cl)c1. The number of carbonyl (C=O) groups is 2. The van der Waals surface area contributed by atoms with Gasteiger partial charge in [0.05, 0.1) is 15.7 Å². The van der Waals surface area contributed by atoms with E-state index in [-0.39, 0.29) is 30.0 Å². The minimum atomic E-state index is -2.24. The molecule has 1 heterocycles. The number of anilines is 1. The van der Waals surface area contributed by atoms with Crippen LogP contribution in [-0.4, -0.2) is 28.9 Å². The summed E-state index contributed by atoms with van der Waals surface area (Å²) >= 11 is 18.2. The summed E-state index contributed by atoms with van der Waals surface area (Å²) in [5.74, 6) is -3.39. The standard InChI is InChI=1S/C25H20Cl3FN2O2/c26-18-8-10-22(19(14-18)23(32)17-5-2-1-3-6-17)30-24(33)25(29)11-4-12-31(25)15-16-7-9-20(27)21(28)13-16/h1-3,5-10,13-14H,4,11-12,15H2,(H,30,33)/t25-/m1/s1. The van der Waals surface area contributed by atoms with Gasteiger partial charge in [0.1, 0.15) is 0 Å². The van der Waals surface area contributed by atoms with E-state index >= 15 is 4.39 Å². The van der Waals surface area contributed by atoms with Crippen LogP contribution in [0.15, 0.2) is 66.7 Å². The maximum absolute atomic E-state index is 16.0. The molecule has 1 fully saturated rings. The summed E-state index contributed by atoms with van der Waals surface area (Å²) in [5, 5.41) is 3.74. The molecule has 0 bridgehead atoms. The molecule has 0 radical (unpaired) electrons. The minimum Gasteiger partial charge on any atom is -0.321 e. The Morgan fingerprint density at radius 1 is 0.970 bits per heavy atom. The van der Waals surface area contributed by atoms with Crippen molar-refractivity contribution in [1.82, 2.24) is 4.90 Å². The first kappa shape index (κ1) is 23.7. The van der Waals surface area contributed by atoms with Crippen LogP contribution in [-0.2, 0) is 11.3 Å². The highest BCUT2D eigenvalue weighted by atomic mass is 35.5. The molecule has 0 aliphatic carbocycles. The van der Waals surface area contributed by atoms with E-state index in [4.69, 9.17) is 34.8 Å². The minimum absolute atomic E-state index is 0.0374. The number of hydrogen-bond donors (Lipinski definition) is 1. The second-order valence-corrected chi connectivity index (χ2v) is 9.12. The third-order valence-corrected chi connectivity index (χ3v) is 6.63. The van der Waals surface area contributed by atoms with Crippen molar-refractivity contribution in [3.8, 4) is 0 Å². The number of alkyl halides is 1. The van der Waals surface area contributed by atoms with E-state index in [1.807, 2.05) is 0 Å². The molecular formula is C25H20Cl3FN2O2. The van der Waals surface area contributed by atoms with Crippen LogP contribution < -0.4 is 5.32 Å². The molecule has 1 saturated heterocycles. The van der Waals surface area contributed by atoms with Gasteiger partial charge in [-0.1, -0.05) is 71.2 Å². The Kier molecular flexibility index (Phi) is 7.05. The van der Waals surface area contributed by atoms with Crippen LogP contribution in [0, 0.1) is 0 Å². The highest BCUT2D eigenvalue weighted by Crippen LogP contribution is 2.35. The Hall–Kier alpha value is -2.44. The molecule has 8 heteroatoms. The molecule has 1 aliphatic rings. The van der Waals surface area contributed by atoms with Gasteiger partial charge in [0, 0.05) is 35.7 Å². The lowest BCUT2D eigenvalue weighted by atomic mass is 10.0. The molecule has 4 rings (SSSR count). The van der Waals surface area contributed by atoms with Gasteiger partial charge in [-0.3, -0.25) is 14.5 Å². The Morgan fingerprint density at radius 2 is 1.73 bits per heavy atom. The smallest absolute Gasteiger partial charge is 0.277 e. The lowest BCUT2D eigenvalue weighted by Gasteiger charge is -2.30. The Bertz CT molecular complexity index is 1210. The zero-order valence-corrected chi connectivity index (χ0v) is 19.7. The number of amides is 1. The zero-order valence-electron chi connectivity index (χ0n) is 17.5. The third kappa shape index (κ3) is 5.07. The van der Waals surface area contributed by atoms with Crippen molar-refractivity contribution in [3.63, 3.8) is 0 Å². The van der Waals surface area contributed by atoms with Gasteiger partial charge in [0.25, 0.3) is 5.91 Å². The van der Waals surface area contributed by atoms with Gasteiger partial charge in [0.15, 0.2) is 5.78 Å². The van der Waals surface area contributed by atoms with Gasteiger partial charge >= 0.3 is 0 Å². The number of ketones is 1. The molecule has 33 heavy (non-hydrogen) atoms. The highest BCUT2D eigenvalue weighted by molar-refractivity contribution is 6.42. The molecule has 1 amide bonds. The normalized spacial score (nSPS) is 18.3. The molecule has 170 valence electrons. The van der Waals surface area contributed by atoms with E-state index in [0.717, 1.165) is 5.56 Å². The summed E-state index contributed by atoms with van der Waals surface area (Å²) in [6.07, 6.45) is 0.553. The fourth-order valence-corrected chi connectivity index (χ4v) is 4.43. The molecule has 1 atom stereocenters. The van der Waals surface area contributed by atoms with Crippen LogP contribution in [0.2, 0.25) is 15.1 Å². The number of likely N-dealkylation sites (tertiary alicyclic amines) is 1. The van der Waals surface area contributed by atoms with Gasteiger partial charge in [0.2, 0.25) is 5.79 Å². The van der Waals surface area contributed by atoms with Gasteiger partial charge in [-0.25, -0.2) is 4.39 Å². The monoisotopic (exact) mass is 504 g/mol. The topological polar surface area (TPSA) is 49.4 Å². The molecule has 1 N–H and O–H groups in total. The first-order chi connectivity index (χ1) is 15.8. The van der Waals surface area contributed by atoms with E-state index in [0.29, 0.717) is 33.6 Å². The van der Waals surface area contributed by atoms with Gasteiger partial charge in [-0.2, -0.15) is 0 Å². The van der Waals surface area contributed by atoms with Crippen LogP contribution in [0.1, 0.15) is 34.3 Å². The predicted octanol–water partition coefficient (Wildman–Crippen LogP) is 6.78. The molecule has 3 aromatic rings. The van der Waals surface area contributed by atoms with E-state index in [9.17, 15) is 9.59 Å². The van der Waals surface area contributed by atoms with Gasteiger partial charge in [-0.15, -0.1) is 0 Å². The molecule has 3 aromatic carbocycles. The summed E-state index contributed by atoms with van der Waals surface area (Å²) in [5.41, 5.74) is 1.58. The third-order valence-electron chi connectivity index (χ3n) is 5.65. The molecule has 4 nitrogen and oxygen atoms in total. The number of rotatable bonds is 6. The quantitative estimate of drug-likeness (QED) is 0.297.